The first kappa shape index (κ1) is 36.3. The molecule has 51 heavy (non-hydrogen) atoms. The van der Waals surface area contributed by atoms with E-state index in [1.807, 2.05) is 35.1 Å². The van der Waals surface area contributed by atoms with Gasteiger partial charge >= 0.3 is 21.1 Å². The van der Waals surface area contributed by atoms with Crippen molar-refractivity contribution in [3.8, 4) is 34.1 Å². The Kier molecular flexibility index (Phi) is 10.2. The topological polar surface area (TPSA) is 44.9 Å². The Morgan fingerprint density at radius 2 is 1.49 bits per heavy atom. The first-order valence-corrected chi connectivity index (χ1v) is 17.9. The predicted molar refractivity (Wildman–Crippen MR) is 206 cm³/mol. The molecule has 0 aliphatic heterocycles. The molecule has 262 valence electrons. The number of ether oxygens (including phenoxy) is 1. The van der Waals surface area contributed by atoms with Gasteiger partial charge in [-0.1, -0.05) is 103 Å². The van der Waals surface area contributed by atoms with Crippen molar-refractivity contribution in [2.75, 3.05) is 0 Å². The second kappa shape index (κ2) is 14.3. The molecule has 0 unspecified atom stereocenters. The third-order valence-electron chi connectivity index (χ3n) is 10.1. The van der Waals surface area contributed by atoms with Crippen LogP contribution in [0, 0.1) is 12.1 Å². The first-order chi connectivity index (χ1) is 24.0. The van der Waals surface area contributed by atoms with E-state index in [-0.39, 0.29) is 31.9 Å². The molecule has 3 aromatic heterocycles. The molecule has 0 spiro atoms. The summed E-state index contributed by atoms with van der Waals surface area (Å²) in [4.78, 5) is 4.88. The van der Waals surface area contributed by atoms with Gasteiger partial charge in [-0.15, -0.1) is 35.7 Å². The zero-order valence-electron chi connectivity index (χ0n) is 30.9. The van der Waals surface area contributed by atoms with Crippen LogP contribution in [0.2, 0.25) is 0 Å². The van der Waals surface area contributed by atoms with Crippen molar-refractivity contribution >= 4 is 21.8 Å². The summed E-state index contributed by atoms with van der Waals surface area (Å²) in [6.45, 7) is 17.9. The molecule has 3 heterocycles. The number of pyridine rings is 1. The van der Waals surface area contributed by atoms with Crippen LogP contribution < -0.4 is 4.74 Å². The maximum absolute atomic E-state index is 6.54. The third kappa shape index (κ3) is 6.81. The van der Waals surface area contributed by atoms with Crippen molar-refractivity contribution in [1.82, 2.24) is 19.3 Å². The Bertz CT molecular complexity index is 2320. The Balaban J connectivity index is 0.00000448. The summed E-state index contributed by atoms with van der Waals surface area (Å²) in [7, 11) is 0. The molecule has 5 nitrogen and oxygen atoms in total. The number of hydrogen-bond acceptors (Lipinski definition) is 3. The zero-order valence-corrected chi connectivity index (χ0v) is 33.1. The normalized spacial score (nSPS) is 12.0. The largest absolute Gasteiger partial charge is 2.00 e. The maximum atomic E-state index is 6.54. The minimum atomic E-state index is -0.0143. The number of fused-ring (bicyclic) bond motifs is 3. The molecule has 0 radical (unpaired) electrons. The summed E-state index contributed by atoms with van der Waals surface area (Å²) < 4.78 is 10.8. The van der Waals surface area contributed by atoms with Gasteiger partial charge in [-0.2, -0.15) is 17.2 Å². The molecule has 7 rings (SSSR count). The number of hydrogen-bond donors (Lipinski definition) is 0. The summed E-state index contributed by atoms with van der Waals surface area (Å²) >= 11 is 0. The van der Waals surface area contributed by atoms with Crippen LogP contribution in [0.15, 0.2) is 97.2 Å². The van der Waals surface area contributed by atoms with E-state index in [1.165, 1.54) is 27.6 Å². The number of aryl methyl sites for hydroxylation is 1. The van der Waals surface area contributed by atoms with E-state index >= 15 is 0 Å². The van der Waals surface area contributed by atoms with Crippen molar-refractivity contribution in [2.45, 2.75) is 85.5 Å². The van der Waals surface area contributed by atoms with Gasteiger partial charge in [0.05, 0.1) is 5.69 Å². The van der Waals surface area contributed by atoms with Gasteiger partial charge in [-0.05, 0) is 76.1 Å². The van der Waals surface area contributed by atoms with E-state index in [2.05, 4.69) is 139 Å². The first-order valence-electron chi connectivity index (χ1n) is 17.9. The molecule has 0 fully saturated rings. The molecule has 0 N–H and O–H groups in total. The molecule has 0 saturated heterocycles. The minimum Gasteiger partial charge on any atom is -0.509 e. The van der Waals surface area contributed by atoms with E-state index in [9.17, 15) is 0 Å². The summed E-state index contributed by atoms with van der Waals surface area (Å²) in [5.41, 5.74) is 10.1. The smallest absolute Gasteiger partial charge is 0.509 e. The van der Waals surface area contributed by atoms with Gasteiger partial charge in [0.25, 0.3) is 0 Å². The summed E-state index contributed by atoms with van der Waals surface area (Å²) in [6.07, 6.45) is 4.65. The quantitative estimate of drug-likeness (QED) is 0.136. The monoisotopic (exact) mass is 853 g/mol. The van der Waals surface area contributed by atoms with E-state index in [0.717, 1.165) is 58.6 Å². The average Bonchev–Trinajstić information content (AvgIpc) is 3.67. The Hall–Kier alpha value is -4.47. The molecule has 0 amide bonds. The number of aromatic nitrogens is 4. The van der Waals surface area contributed by atoms with Crippen LogP contribution in [0.5, 0.6) is 11.5 Å². The molecule has 0 aliphatic rings. The Labute approximate surface area is 317 Å². The van der Waals surface area contributed by atoms with E-state index in [0.29, 0.717) is 11.5 Å². The molecule has 6 heteroatoms. The van der Waals surface area contributed by atoms with Gasteiger partial charge in [0.15, 0.2) is 0 Å². The van der Waals surface area contributed by atoms with Crippen molar-refractivity contribution in [1.29, 1.82) is 0 Å². The molecule has 7 aromatic rings. The standard InChI is InChI=1S/C45H46N4O.Pt/c1-9-38-43(30-16-13-12-14-17-30)39(10-2)49(47-38)33-18-15-19-34(28-33)50-35-21-22-36-37-26-32(45(7,8)11-3)20-23-40(37)48(41(36)29-35)42-27-31(24-25-46-42)44(4,5)6;/h12-27H,9-11H2,1-8H3;/q-2;+2. The molecule has 0 saturated carbocycles. The van der Waals surface area contributed by atoms with Gasteiger partial charge < -0.3 is 9.30 Å². The average molecular weight is 854 g/mol. The third-order valence-corrected chi connectivity index (χ3v) is 10.1. The van der Waals surface area contributed by atoms with Gasteiger partial charge in [0, 0.05) is 34.5 Å². The second-order valence-corrected chi connectivity index (χ2v) is 14.8. The van der Waals surface area contributed by atoms with Crippen LogP contribution in [-0.4, -0.2) is 19.3 Å². The van der Waals surface area contributed by atoms with E-state index in [4.69, 9.17) is 14.8 Å². The minimum absolute atomic E-state index is 0. The fourth-order valence-electron chi connectivity index (χ4n) is 6.81. The van der Waals surface area contributed by atoms with Crippen molar-refractivity contribution in [3.05, 3.63) is 132 Å². The SMILES string of the molecule is CCc1nn(-c2[c-]c(Oc3[c-]c4c(cc3)c3cc(C(C)(C)CC)ccc3n4-c3cc(C(C)(C)C)ccn3)ccc2)c(CC)c1-c1ccccc1.[Pt+2]. The maximum Gasteiger partial charge on any atom is 2.00 e. The fourth-order valence-corrected chi connectivity index (χ4v) is 6.81. The molecule has 0 aliphatic carbocycles. The Morgan fingerprint density at radius 1 is 0.725 bits per heavy atom. The zero-order chi connectivity index (χ0) is 35.2. The van der Waals surface area contributed by atoms with E-state index in [1.54, 1.807) is 0 Å². The van der Waals surface area contributed by atoms with Gasteiger partial charge in [-0.25, -0.2) is 4.98 Å². The predicted octanol–water partition coefficient (Wildman–Crippen LogP) is 11.5. The fraction of sp³-hybridized carbons (Fsp3) is 0.289. The number of nitrogens with zero attached hydrogens (tertiary/aromatic N) is 4. The second-order valence-electron chi connectivity index (χ2n) is 14.8. The number of benzene rings is 4. The van der Waals surface area contributed by atoms with E-state index < -0.39 is 0 Å². The van der Waals surface area contributed by atoms with Crippen LogP contribution in [0.25, 0.3) is 44.4 Å². The van der Waals surface area contributed by atoms with Crippen LogP contribution in [0.4, 0.5) is 0 Å². The van der Waals surface area contributed by atoms with Crippen molar-refractivity contribution < 1.29 is 25.8 Å². The van der Waals surface area contributed by atoms with Crippen LogP contribution in [0.1, 0.15) is 84.3 Å². The Morgan fingerprint density at radius 3 is 2.20 bits per heavy atom. The summed E-state index contributed by atoms with van der Waals surface area (Å²) in [6, 6.07) is 39.0. The molecule has 0 bridgehead atoms. The van der Waals surface area contributed by atoms with Crippen LogP contribution in [0.3, 0.4) is 0 Å². The van der Waals surface area contributed by atoms with Crippen molar-refractivity contribution in [3.63, 3.8) is 0 Å². The van der Waals surface area contributed by atoms with Crippen molar-refractivity contribution in [2.24, 2.45) is 0 Å². The molecular weight excluding hydrogens is 808 g/mol. The molecule has 4 aromatic carbocycles. The number of rotatable bonds is 9. The summed E-state index contributed by atoms with van der Waals surface area (Å²) in [5, 5.41) is 7.37. The summed E-state index contributed by atoms with van der Waals surface area (Å²) in [5.74, 6) is 2.09. The van der Waals surface area contributed by atoms with Gasteiger partial charge in [-0.3, -0.25) is 4.68 Å². The van der Waals surface area contributed by atoms with Gasteiger partial charge in [0.2, 0.25) is 0 Å². The molecule has 0 atom stereocenters. The van der Waals surface area contributed by atoms with Crippen LogP contribution >= 0.6 is 0 Å². The molecular formula is C45H46N4OPt. The van der Waals surface area contributed by atoms with Gasteiger partial charge in [0.1, 0.15) is 5.82 Å². The van der Waals surface area contributed by atoms with Crippen LogP contribution in [-0.2, 0) is 44.7 Å².